The summed E-state index contributed by atoms with van der Waals surface area (Å²) in [7, 11) is 2.70. The van der Waals surface area contributed by atoms with Crippen LogP contribution in [0.5, 0.6) is 0 Å². The van der Waals surface area contributed by atoms with Crippen molar-refractivity contribution in [1.82, 2.24) is 49.9 Å². The number of carbonyl (C=O) groups excluding carboxylic acids is 3. The van der Waals surface area contributed by atoms with Crippen molar-refractivity contribution in [3.63, 3.8) is 0 Å². The van der Waals surface area contributed by atoms with E-state index in [0.717, 1.165) is 69.9 Å². The first-order chi connectivity index (χ1) is 29.2. The minimum atomic E-state index is -1.17. The molecule has 6 heterocycles. The first-order valence-corrected chi connectivity index (χ1v) is 21.5. The zero-order chi connectivity index (χ0) is 41.8. The molecule has 0 radical (unpaired) electrons. The third-order valence-corrected chi connectivity index (χ3v) is 12.5. The highest BCUT2D eigenvalue weighted by atomic mass is 32.1. The van der Waals surface area contributed by atoms with E-state index in [9.17, 15) is 24.3 Å². The van der Waals surface area contributed by atoms with Gasteiger partial charge in [-0.05, 0) is 47.9 Å². The summed E-state index contributed by atoms with van der Waals surface area (Å²) < 4.78 is 4.80. The van der Waals surface area contributed by atoms with Gasteiger partial charge in [0.2, 0.25) is 11.8 Å². The summed E-state index contributed by atoms with van der Waals surface area (Å²) in [6.07, 6.45) is 5.25. The number of carboxylic acid groups (broad SMARTS) is 1. The molecule has 2 aromatic carbocycles. The molecule has 4 amide bonds. The minimum absolute atomic E-state index is 0.204. The van der Waals surface area contributed by atoms with Crippen molar-refractivity contribution in [2.24, 2.45) is 0 Å². The van der Waals surface area contributed by atoms with Gasteiger partial charge in [-0.25, -0.2) is 29.5 Å². The monoisotopic (exact) mass is 848 g/mol. The van der Waals surface area contributed by atoms with E-state index >= 15 is 0 Å². The lowest BCUT2D eigenvalue weighted by Gasteiger charge is -2.31. The van der Waals surface area contributed by atoms with Crippen LogP contribution in [0.25, 0.3) is 33.6 Å². The Hall–Kier alpha value is -6.40. The average molecular weight is 849 g/mol. The van der Waals surface area contributed by atoms with Crippen LogP contribution in [-0.4, -0.2) is 113 Å². The smallest absolute Gasteiger partial charge is 0.407 e. The Balaban J connectivity index is 0.917. The topological polar surface area (TPSA) is 203 Å². The van der Waals surface area contributed by atoms with Crippen LogP contribution in [0.1, 0.15) is 60.8 Å². The van der Waals surface area contributed by atoms with E-state index in [0.29, 0.717) is 30.4 Å². The maximum Gasteiger partial charge on any atom is 0.407 e. The molecule has 8 rings (SSSR count). The van der Waals surface area contributed by atoms with Gasteiger partial charge in [0, 0.05) is 43.7 Å². The van der Waals surface area contributed by atoms with Crippen molar-refractivity contribution in [2.75, 3.05) is 27.2 Å². The van der Waals surface area contributed by atoms with Crippen LogP contribution in [0, 0.1) is 0 Å². The standard InChI is InChI=1S/C42H44N10O6S2/c1-50(42(56)57)36(18-30-22-60-24-46-30)40(54)52-16-4-6-35(52)38-44-20-33(48-38)28-13-9-26(10-14-28)25-7-11-27(12-8-25)32-19-43-37(47-32)34-5-3-15-51(34)39(53)31(49-41(55)58-2)17-29-21-59-23-45-29/h7-14,19-24,31,34-36H,3-6,15-18H2,1-2H3,(H,43,47)(H,44,48)(H,49,55)(H,56,57)/t31-,34-,35-,36-/m0/s1. The molecule has 18 heteroatoms. The van der Waals surface area contributed by atoms with E-state index in [4.69, 9.17) is 4.74 Å². The van der Waals surface area contributed by atoms with Gasteiger partial charge in [0.15, 0.2) is 0 Å². The van der Waals surface area contributed by atoms with Gasteiger partial charge in [0.1, 0.15) is 23.7 Å². The Labute approximate surface area is 353 Å². The molecule has 2 aliphatic rings. The fourth-order valence-corrected chi connectivity index (χ4v) is 9.16. The molecule has 0 aliphatic carbocycles. The van der Waals surface area contributed by atoms with E-state index in [1.165, 1.54) is 36.8 Å². The van der Waals surface area contributed by atoms with Crippen LogP contribution >= 0.6 is 22.7 Å². The number of ether oxygens (including phenoxy) is 1. The molecule has 2 aliphatic heterocycles. The Kier molecular flexibility index (Phi) is 12.0. The number of nitrogens with zero attached hydrogens (tertiary/aromatic N) is 7. The molecule has 16 nitrogen and oxygen atoms in total. The van der Waals surface area contributed by atoms with E-state index in [1.807, 2.05) is 35.0 Å². The highest BCUT2D eigenvalue weighted by molar-refractivity contribution is 7.07. The number of aromatic amines is 2. The van der Waals surface area contributed by atoms with Crippen LogP contribution in [0.3, 0.4) is 0 Å². The van der Waals surface area contributed by atoms with Gasteiger partial charge in [-0.2, -0.15) is 0 Å². The Morgan fingerprint density at radius 3 is 1.72 bits per heavy atom. The van der Waals surface area contributed by atoms with Gasteiger partial charge in [0.25, 0.3) is 0 Å². The summed E-state index contributed by atoms with van der Waals surface area (Å²) in [5, 5.41) is 16.1. The lowest BCUT2D eigenvalue weighted by Crippen LogP contribution is -2.50. The number of nitrogens with one attached hydrogen (secondary N) is 3. The number of thiazole rings is 2. The van der Waals surface area contributed by atoms with Crippen molar-refractivity contribution in [1.29, 1.82) is 0 Å². The second-order valence-electron chi connectivity index (χ2n) is 14.9. The number of hydrogen-bond acceptors (Lipinski definition) is 11. The molecular weight excluding hydrogens is 805 g/mol. The molecule has 4 aromatic heterocycles. The predicted molar refractivity (Wildman–Crippen MR) is 225 cm³/mol. The number of aromatic nitrogens is 6. The normalized spacial score (nSPS) is 17.4. The number of carbonyl (C=O) groups is 4. The molecule has 2 saturated heterocycles. The first-order valence-electron chi connectivity index (χ1n) is 19.6. The van der Waals surface area contributed by atoms with Crippen LogP contribution in [0.4, 0.5) is 9.59 Å². The maximum absolute atomic E-state index is 13.9. The number of hydrogen-bond donors (Lipinski definition) is 4. The number of methoxy groups -OCH3 is 1. The number of rotatable bonds is 13. The third kappa shape index (κ3) is 8.65. The second-order valence-corrected chi connectivity index (χ2v) is 16.3. The summed E-state index contributed by atoms with van der Waals surface area (Å²) in [5.74, 6) is 0.898. The number of benzene rings is 2. The first kappa shape index (κ1) is 40.4. The van der Waals surface area contributed by atoms with E-state index < -0.39 is 24.3 Å². The molecule has 0 spiro atoms. The molecule has 310 valence electrons. The highest BCUT2D eigenvalue weighted by Crippen LogP contribution is 2.35. The highest BCUT2D eigenvalue weighted by Gasteiger charge is 2.39. The molecule has 4 N–H and O–H groups in total. The molecule has 0 unspecified atom stereocenters. The van der Waals surface area contributed by atoms with Gasteiger partial charge in [0.05, 0.1) is 65.4 Å². The zero-order valence-corrected chi connectivity index (χ0v) is 34.6. The Bertz CT molecular complexity index is 2420. The number of imidazole rings is 2. The van der Waals surface area contributed by atoms with Gasteiger partial charge < -0.3 is 34.9 Å². The predicted octanol–water partition coefficient (Wildman–Crippen LogP) is 6.56. The fourth-order valence-electron chi connectivity index (χ4n) is 8.02. The molecule has 2 fully saturated rings. The lowest BCUT2D eigenvalue weighted by molar-refractivity contribution is -0.137. The van der Waals surface area contributed by atoms with Crippen molar-refractivity contribution in [3.05, 3.63) is 106 Å². The number of H-pyrrole nitrogens is 2. The lowest BCUT2D eigenvalue weighted by atomic mass is 10.0. The van der Waals surface area contributed by atoms with Gasteiger partial charge in [-0.1, -0.05) is 48.5 Å². The van der Waals surface area contributed by atoms with E-state index in [-0.39, 0.29) is 36.7 Å². The zero-order valence-electron chi connectivity index (χ0n) is 33.0. The third-order valence-electron chi connectivity index (χ3n) is 11.2. The second kappa shape index (κ2) is 17.8. The fraction of sp³-hybridized carbons (Fsp3) is 0.333. The summed E-state index contributed by atoms with van der Waals surface area (Å²) in [5.41, 5.74) is 10.4. The van der Waals surface area contributed by atoms with Crippen molar-refractivity contribution >= 4 is 46.7 Å². The maximum atomic E-state index is 13.9. The van der Waals surface area contributed by atoms with Crippen LogP contribution < -0.4 is 5.32 Å². The van der Waals surface area contributed by atoms with Gasteiger partial charge >= 0.3 is 12.2 Å². The number of alkyl carbamates (subject to hydrolysis) is 1. The number of likely N-dealkylation sites (tertiary alicyclic amines) is 2. The number of amides is 4. The van der Waals surface area contributed by atoms with Crippen LogP contribution in [0.15, 0.2) is 82.7 Å². The number of likely N-dealkylation sites (N-methyl/N-ethyl adjacent to an activating group) is 1. The summed E-state index contributed by atoms with van der Waals surface area (Å²) in [6.45, 7) is 1.07. The Morgan fingerprint density at radius 1 is 0.767 bits per heavy atom. The summed E-state index contributed by atoms with van der Waals surface area (Å²) in [6, 6.07) is 14.1. The van der Waals surface area contributed by atoms with Crippen LogP contribution in [0.2, 0.25) is 0 Å². The summed E-state index contributed by atoms with van der Waals surface area (Å²) in [4.78, 5) is 81.2. The summed E-state index contributed by atoms with van der Waals surface area (Å²) >= 11 is 2.84. The van der Waals surface area contributed by atoms with Gasteiger partial charge in [-0.15, -0.1) is 22.7 Å². The minimum Gasteiger partial charge on any atom is -0.465 e. The average Bonchev–Trinajstić information content (AvgIpc) is 4.12. The van der Waals surface area contributed by atoms with Crippen molar-refractivity contribution in [3.8, 4) is 33.6 Å². The molecule has 0 bridgehead atoms. The van der Waals surface area contributed by atoms with E-state index in [2.05, 4.69) is 59.5 Å². The molecule has 60 heavy (non-hydrogen) atoms. The van der Waals surface area contributed by atoms with Gasteiger partial charge in [-0.3, -0.25) is 14.5 Å². The molecule has 0 saturated carbocycles. The van der Waals surface area contributed by atoms with Crippen molar-refractivity contribution in [2.45, 2.75) is 62.7 Å². The van der Waals surface area contributed by atoms with Crippen LogP contribution in [-0.2, 0) is 27.2 Å². The van der Waals surface area contributed by atoms with E-state index in [1.54, 1.807) is 33.2 Å². The Morgan fingerprint density at radius 2 is 1.25 bits per heavy atom. The quantitative estimate of drug-likeness (QED) is 0.0986. The molecular formula is C42H44N10O6S2. The molecule has 6 aromatic rings. The SMILES string of the molecule is COC(=O)N[C@@H](Cc1cscn1)C(=O)N1CCC[C@H]1c1ncc(-c2ccc(-c3ccc(-c4cnc([C@@H]5CCCN5C(=O)[C@H](Cc5cscn5)N(C)C(=O)O)[nH]4)cc3)cc2)[nH]1. The molecule has 4 atom stereocenters. The largest absolute Gasteiger partial charge is 0.465 e. The van der Waals surface area contributed by atoms with Crippen molar-refractivity contribution < 1.29 is 29.0 Å².